The number of rotatable bonds is 5. The summed E-state index contributed by atoms with van der Waals surface area (Å²) >= 11 is 11.7. The van der Waals surface area contributed by atoms with E-state index in [0.717, 1.165) is 12.5 Å². The second kappa shape index (κ2) is 6.76. The third-order valence-electron chi connectivity index (χ3n) is 2.53. The molecule has 0 saturated carbocycles. The molecule has 0 aliphatic carbocycles. The molecule has 0 heterocycles. The maximum atomic E-state index is 12.0. The van der Waals surface area contributed by atoms with Crippen LogP contribution in [0, 0.1) is 0 Å². The van der Waals surface area contributed by atoms with Gasteiger partial charge in [0, 0.05) is 5.02 Å². The van der Waals surface area contributed by atoms with E-state index in [-0.39, 0.29) is 21.7 Å². The highest BCUT2D eigenvalue weighted by molar-refractivity contribution is 7.89. The van der Waals surface area contributed by atoms with E-state index in [9.17, 15) is 13.2 Å². The molecule has 1 aromatic rings. The van der Waals surface area contributed by atoms with Crippen LogP contribution in [0.1, 0.15) is 37.0 Å². The summed E-state index contributed by atoms with van der Waals surface area (Å²) in [5, 5.41) is 4.77. The Morgan fingerprint density at radius 2 is 2.00 bits per heavy atom. The second-order valence-electron chi connectivity index (χ2n) is 4.32. The van der Waals surface area contributed by atoms with Crippen LogP contribution in [0.15, 0.2) is 17.0 Å². The lowest BCUT2D eigenvalue weighted by molar-refractivity contribution is 0.0323. The quantitative estimate of drug-likeness (QED) is 0.835. The van der Waals surface area contributed by atoms with Crippen molar-refractivity contribution < 1.29 is 17.9 Å². The fraction of sp³-hybridized carbons (Fsp3) is 0.417. The van der Waals surface area contributed by atoms with E-state index in [4.69, 9.17) is 33.1 Å². The molecule has 0 aliphatic heterocycles. The maximum Gasteiger partial charge on any atom is 0.340 e. The Bertz CT molecular complexity index is 616. The molecule has 2 N–H and O–H groups in total. The lowest BCUT2D eigenvalue weighted by atomic mass is 10.2. The van der Waals surface area contributed by atoms with Gasteiger partial charge in [-0.15, -0.1) is 0 Å². The van der Waals surface area contributed by atoms with Gasteiger partial charge in [-0.05, 0) is 25.5 Å². The Kier molecular flexibility index (Phi) is 5.82. The monoisotopic (exact) mass is 339 g/mol. The van der Waals surface area contributed by atoms with Crippen LogP contribution in [0.4, 0.5) is 0 Å². The van der Waals surface area contributed by atoms with Crippen LogP contribution in [-0.4, -0.2) is 20.5 Å². The van der Waals surface area contributed by atoms with E-state index in [1.54, 1.807) is 6.92 Å². The highest BCUT2D eigenvalue weighted by atomic mass is 35.5. The Morgan fingerprint density at radius 1 is 1.40 bits per heavy atom. The van der Waals surface area contributed by atoms with E-state index < -0.39 is 20.9 Å². The van der Waals surface area contributed by atoms with E-state index in [1.807, 2.05) is 6.92 Å². The fourth-order valence-electron chi connectivity index (χ4n) is 1.63. The first kappa shape index (κ1) is 17.2. The fourth-order valence-corrected chi connectivity index (χ4v) is 3.07. The van der Waals surface area contributed by atoms with Gasteiger partial charge in [-0.2, -0.15) is 0 Å². The van der Waals surface area contributed by atoms with Gasteiger partial charge in [-0.3, -0.25) is 0 Å². The van der Waals surface area contributed by atoms with Crippen LogP contribution in [0.2, 0.25) is 10.0 Å². The van der Waals surface area contributed by atoms with Crippen molar-refractivity contribution in [2.75, 3.05) is 0 Å². The number of carbonyl (C=O) groups excluding carboxylic acids is 1. The summed E-state index contributed by atoms with van der Waals surface area (Å²) in [6.45, 7) is 3.69. The van der Waals surface area contributed by atoms with Gasteiger partial charge in [0.1, 0.15) is 4.90 Å². The van der Waals surface area contributed by atoms with Crippen LogP contribution >= 0.6 is 23.2 Å². The van der Waals surface area contributed by atoms with Crippen LogP contribution < -0.4 is 5.14 Å². The molecule has 0 aromatic heterocycles. The maximum absolute atomic E-state index is 12.0. The van der Waals surface area contributed by atoms with Crippen molar-refractivity contribution in [2.24, 2.45) is 5.14 Å². The molecular weight excluding hydrogens is 325 g/mol. The third-order valence-corrected chi connectivity index (χ3v) is 4.21. The Hall–Kier alpha value is -0.820. The number of hydrogen-bond acceptors (Lipinski definition) is 4. The Morgan fingerprint density at radius 3 is 2.50 bits per heavy atom. The average Bonchev–Trinajstić information content (AvgIpc) is 2.30. The molecule has 1 atom stereocenters. The number of benzene rings is 1. The van der Waals surface area contributed by atoms with E-state index in [1.165, 1.54) is 6.07 Å². The summed E-state index contributed by atoms with van der Waals surface area (Å²) < 4.78 is 27.9. The summed E-state index contributed by atoms with van der Waals surface area (Å²) in [4.78, 5) is 11.6. The van der Waals surface area contributed by atoms with E-state index >= 15 is 0 Å². The predicted octanol–water partition coefficient (Wildman–Crippen LogP) is 2.99. The number of ether oxygens (including phenoxy) is 1. The molecule has 0 saturated heterocycles. The van der Waals surface area contributed by atoms with Gasteiger partial charge in [0.25, 0.3) is 0 Å². The molecule has 1 aromatic carbocycles. The highest BCUT2D eigenvalue weighted by Gasteiger charge is 2.23. The van der Waals surface area contributed by atoms with Crippen molar-refractivity contribution in [3.8, 4) is 0 Å². The number of hydrogen-bond donors (Lipinski definition) is 1. The van der Waals surface area contributed by atoms with Gasteiger partial charge < -0.3 is 4.74 Å². The van der Waals surface area contributed by atoms with Gasteiger partial charge in [0.05, 0.1) is 16.7 Å². The number of nitrogens with two attached hydrogens (primary N) is 1. The van der Waals surface area contributed by atoms with Gasteiger partial charge in [-0.1, -0.05) is 36.5 Å². The summed E-state index contributed by atoms with van der Waals surface area (Å²) in [6, 6.07) is 2.34. The van der Waals surface area contributed by atoms with Gasteiger partial charge in [-0.25, -0.2) is 18.4 Å². The van der Waals surface area contributed by atoms with Crippen molar-refractivity contribution in [1.82, 2.24) is 0 Å². The minimum atomic E-state index is -4.07. The molecular formula is C12H15Cl2NO4S. The molecule has 8 heteroatoms. The number of primary sulfonamides is 1. The summed E-state index contributed by atoms with van der Waals surface area (Å²) in [5.41, 5.74) is -0.119. The van der Waals surface area contributed by atoms with Crippen molar-refractivity contribution in [3.63, 3.8) is 0 Å². The zero-order chi connectivity index (χ0) is 15.5. The number of esters is 1. The van der Waals surface area contributed by atoms with Gasteiger partial charge >= 0.3 is 5.97 Å². The molecule has 0 fully saturated rings. The summed E-state index contributed by atoms with van der Waals surface area (Å²) in [5.74, 6) is -0.733. The standard InChI is InChI=1S/C12H15Cl2NO4S/c1-3-4-7(2)19-12(16)9-5-8(13)6-10(11(9)14)20(15,17)18/h5-7H,3-4H2,1-2H3,(H2,15,17,18). The largest absolute Gasteiger partial charge is 0.459 e. The first-order chi connectivity index (χ1) is 9.16. The first-order valence-electron chi connectivity index (χ1n) is 5.89. The molecule has 1 unspecified atom stereocenters. The first-order valence-corrected chi connectivity index (χ1v) is 8.19. The minimum Gasteiger partial charge on any atom is -0.459 e. The second-order valence-corrected chi connectivity index (χ2v) is 6.66. The topological polar surface area (TPSA) is 86.5 Å². The van der Waals surface area contributed by atoms with E-state index in [2.05, 4.69) is 0 Å². The Labute approximate surface area is 128 Å². The number of sulfonamides is 1. The van der Waals surface area contributed by atoms with Crippen molar-refractivity contribution in [2.45, 2.75) is 37.7 Å². The van der Waals surface area contributed by atoms with Crippen LogP contribution in [-0.2, 0) is 14.8 Å². The third kappa shape index (κ3) is 4.34. The minimum absolute atomic E-state index is 0.0357. The smallest absolute Gasteiger partial charge is 0.340 e. The van der Waals surface area contributed by atoms with Gasteiger partial charge in [0.15, 0.2) is 0 Å². The molecule has 0 radical (unpaired) electrons. The van der Waals surface area contributed by atoms with Crippen molar-refractivity contribution in [3.05, 3.63) is 27.7 Å². The highest BCUT2D eigenvalue weighted by Crippen LogP contribution is 2.29. The van der Waals surface area contributed by atoms with Crippen LogP contribution in [0.3, 0.4) is 0 Å². The average molecular weight is 340 g/mol. The predicted molar refractivity (Wildman–Crippen MR) is 77.6 cm³/mol. The molecule has 0 aliphatic rings. The van der Waals surface area contributed by atoms with Crippen LogP contribution in [0.5, 0.6) is 0 Å². The van der Waals surface area contributed by atoms with E-state index in [0.29, 0.717) is 6.42 Å². The molecule has 0 spiro atoms. The zero-order valence-corrected chi connectivity index (χ0v) is 13.3. The SMILES string of the molecule is CCCC(C)OC(=O)c1cc(Cl)cc(S(N)(=O)=O)c1Cl. The zero-order valence-electron chi connectivity index (χ0n) is 11.0. The van der Waals surface area contributed by atoms with Crippen LogP contribution in [0.25, 0.3) is 0 Å². The number of halogens is 2. The lowest BCUT2D eigenvalue weighted by Gasteiger charge is -2.14. The summed E-state index contributed by atoms with van der Waals surface area (Å²) in [7, 11) is -4.07. The molecule has 112 valence electrons. The lowest BCUT2D eigenvalue weighted by Crippen LogP contribution is -2.18. The van der Waals surface area contributed by atoms with Crippen molar-refractivity contribution >= 4 is 39.2 Å². The molecule has 20 heavy (non-hydrogen) atoms. The summed E-state index contributed by atoms with van der Waals surface area (Å²) in [6.07, 6.45) is 1.23. The normalized spacial score (nSPS) is 13.1. The van der Waals surface area contributed by atoms with Crippen molar-refractivity contribution in [1.29, 1.82) is 0 Å². The molecule has 5 nitrogen and oxygen atoms in total. The molecule has 0 amide bonds. The molecule has 1 rings (SSSR count). The van der Waals surface area contributed by atoms with Gasteiger partial charge in [0.2, 0.25) is 10.0 Å². The Balaban J connectivity index is 3.19. The number of carbonyl (C=O) groups is 1. The molecule has 0 bridgehead atoms.